The zero-order valence-electron chi connectivity index (χ0n) is 11.2. The lowest BCUT2D eigenvalue weighted by Crippen LogP contribution is -2.20. The molecule has 1 rings (SSSR count). The first-order valence-electron chi connectivity index (χ1n) is 6.08. The van der Waals surface area contributed by atoms with Crippen LogP contribution in [0.15, 0.2) is 29.2 Å². The largest absolute Gasteiger partial charge is 0.302 e. The summed E-state index contributed by atoms with van der Waals surface area (Å²) in [6.07, 6.45) is 1.09. The highest BCUT2D eigenvalue weighted by Gasteiger charge is 2.12. The Morgan fingerprint density at radius 2 is 1.76 bits per heavy atom. The predicted octanol–water partition coefficient (Wildman–Crippen LogP) is 4.11. The Morgan fingerprint density at radius 1 is 1.18 bits per heavy atom. The minimum Gasteiger partial charge on any atom is -0.302 e. The summed E-state index contributed by atoms with van der Waals surface area (Å²) in [6.45, 7) is 4.45. The molecule has 0 heterocycles. The molecule has 0 saturated carbocycles. The van der Waals surface area contributed by atoms with Crippen LogP contribution in [0.4, 0.5) is 0 Å². The van der Waals surface area contributed by atoms with Crippen molar-refractivity contribution in [1.82, 2.24) is 4.90 Å². The summed E-state index contributed by atoms with van der Waals surface area (Å²) in [6, 6.07) is 9.44. The second-order valence-corrected chi connectivity index (χ2v) is 6.82. The van der Waals surface area contributed by atoms with E-state index in [1.165, 1.54) is 10.5 Å². The first-order chi connectivity index (χ1) is 8.04. The van der Waals surface area contributed by atoms with Crippen LogP contribution in [0.2, 0.25) is 0 Å². The molecule has 1 aromatic carbocycles. The summed E-state index contributed by atoms with van der Waals surface area (Å²) in [5.41, 5.74) is 1.39. The molecule has 0 N–H and O–H groups in total. The van der Waals surface area contributed by atoms with Crippen molar-refractivity contribution >= 4 is 24.4 Å². The second kappa shape index (κ2) is 7.34. The summed E-state index contributed by atoms with van der Waals surface area (Å²) in [5.74, 6) is 0.922. The van der Waals surface area contributed by atoms with Gasteiger partial charge in [0.1, 0.15) is 0 Å². The molecule has 0 bridgehead atoms. The number of nitrogens with zero attached hydrogens (tertiary/aromatic N) is 1. The molecule has 0 spiro atoms. The molecule has 0 aromatic heterocycles. The number of thioether (sulfide) groups is 1. The van der Waals surface area contributed by atoms with Crippen LogP contribution in [0, 0.1) is 0 Å². The van der Waals surface area contributed by atoms with Crippen molar-refractivity contribution in [1.29, 1.82) is 0 Å². The van der Waals surface area contributed by atoms with Gasteiger partial charge in [-0.15, -0.1) is 11.8 Å². The van der Waals surface area contributed by atoms with E-state index < -0.39 is 0 Å². The SMILES string of the molecule is CC(C)Sc1ccc(C(CCS)N(C)C)cc1. The molecular weight excluding hydrogens is 246 g/mol. The second-order valence-electron chi connectivity index (χ2n) is 4.73. The first kappa shape index (κ1) is 14.9. The molecule has 96 valence electrons. The van der Waals surface area contributed by atoms with Crippen molar-refractivity contribution in [2.24, 2.45) is 0 Å². The van der Waals surface area contributed by atoms with Crippen LogP contribution in [0.5, 0.6) is 0 Å². The summed E-state index contributed by atoms with van der Waals surface area (Å²) in [4.78, 5) is 3.62. The molecule has 0 aliphatic carbocycles. The van der Waals surface area contributed by atoms with E-state index in [9.17, 15) is 0 Å². The van der Waals surface area contributed by atoms with Gasteiger partial charge in [-0.25, -0.2) is 0 Å². The highest BCUT2D eigenvalue weighted by molar-refractivity contribution is 7.99. The highest BCUT2D eigenvalue weighted by Crippen LogP contribution is 2.27. The third-order valence-corrected chi connectivity index (χ3v) is 3.94. The molecule has 1 nitrogen and oxygen atoms in total. The fraction of sp³-hybridized carbons (Fsp3) is 0.571. The van der Waals surface area contributed by atoms with Crippen molar-refractivity contribution in [3.05, 3.63) is 29.8 Å². The number of thiol groups is 1. The molecule has 1 aromatic rings. The quantitative estimate of drug-likeness (QED) is 0.611. The molecule has 0 radical (unpaired) electrons. The first-order valence-corrected chi connectivity index (χ1v) is 7.59. The van der Waals surface area contributed by atoms with E-state index in [0.29, 0.717) is 11.3 Å². The Kier molecular flexibility index (Phi) is 6.45. The van der Waals surface area contributed by atoms with Gasteiger partial charge in [0.05, 0.1) is 0 Å². The Bertz CT molecular complexity index is 319. The van der Waals surface area contributed by atoms with Crippen LogP contribution < -0.4 is 0 Å². The van der Waals surface area contributed by atoms with Crippen LogP contribution in [-0.2, 0) is 0 Å². The van der Waals surface area contributed by atoms with Gasteiger partial charge in [0, 0.05) is 16.2 Å². The van der Waals surface area contributed by atoms with Crippen LogP contribution >= 0.6 is 24.4 Å². The van der Waals surface area contributed by atoms with Gasteiger partial charge in [-0.05, 0) is 44.0 Å². The third-order valence-electron chi connectivity index (χ3n) is 2.66. The lowest BCUT2D eigenvalue weighted by molar-refractivity contribution is 0.293. The maximum atomic E-state index is 4.34. The normalized spacial score (nSPS) is 13.4. The summed E-state index contributed by atoms with van der Waals surface area (Å²) in [7, 11) is 4.26. The van der Waals surface area contributed by atoms with Crippen molar-refractivity contribution in [2.45, 2.75) is 36.5 Å². The van der Waals surface area contributed by atoms with Gasteiger partial charge in [-0.2, -0.15) is 12.6 Å². The summed E-state index contributed by atoms with van der Waals surface area (Å²) < 4.78 is 0. The van der Waals surface area contributed by atoms with Crippen molar-refractivity contribution < 1.29 is 0 Å². The average Bonchev–Trinajstić information content (AvgIpc) is 2.26. The summed E-state index contributed by atoms with van der Waals surface area (Å²) in [5, 5.41) is 0.642. The molecule has 17 heavy (non-hydrogen) atoms. The van der Waals surface area contributed by atoms with Crippen LogP contribution in [0.25, 0.3) is 0 Å². The van der Waals surface area contributed by atoms with Crippen LogP contribution in [0.1, 0.15) is 31.9 Å². The molecule has 0 fully saturated rings. The monoisotopic (exact) mass is 269 g/mol. The molecule has 0 aliphatic heterocycles. The maximum Gasteiger partial charge on any atom is 0.0349 e. The van der Waals surface area contributed by atoms with Gasteiger partial charge in [-0.3, -0.25) is 0 Å². The van der Waals surface area contributed by atoms with Crippen molar-refractivity contribution in [2.75, 3.05) is 19.8 Å². The van der Waals surface area contributed by atoms with Gasteiger partial charge in [0.15, 0.2) is 0 Å². The fourth-order valence-electron chi connectivity index (χ4n) is 1.89. The number of rotatable bonds is 6. The number of benzene rings is 1. The third kappa shape index (κ3) is 4.94. The Balaban J connectivity index is 2.77. The van der Waals surface area contributed by atoms with E-state index >= 15 is 0 Å². The van der Waals surface area contributed by atoms with E-state index in [1.807, 2.05) is 11.8 Å². The van der Waals surface area contributed by atoms with E-state index in [-0.39, 0.29) is 0 Å². The molecule has 0 amide bonds. The standard InChI is InChI=1S/C14H23NS2/c1-11(2)17-13-7-5-12(6-8-13)14(9-10-16)15(3)4/h5-8,11,14,16H,9-10H2,1-4H3. The molecule has 0 saturated heterocycles. The highest BCUT2D eigenvalue weighted by atomic mass is 32.2. The number of hydrogen-bond acceptors (Lipinski definition) is 3. The Labute approximate surface area is 115 Å². The van der Waals surface area contributed by atoms with Crippen LogP contribution in [0.3, 0.4) is 0 Å². The van der Waals surface area contributed by atoms with Gasteiger partial charge in [0.25, 0.3) is 0 Å². The molecule has 0 aliphatic rings. The van der Waals surface area contributed by atoms with Crippen LogP contribution in [-0.4, -0.2) is 30.0 Å². The van der Waals surface area contributed by atoms with E-state index in [1.54, 1.807) is 0 Å². The topological polar surface area (TPSA) is 3.24 Å². The van der Waals surface area contributed by atoms with E-state index in [0.717, 1.165) is 12.2 Å². The molecular formula is C14H23NS2. The van der Waals surface area contributed by atoms with Gasteiger partial charge >= 0.3 is 0 Å². The molecule has 3 heteroatoms. The predicted molar refractivity (Wildman–Crippen MR) is 82.3 cm³/mol. The Hall–Kier alpha value is -0.120. The average molecular weight is 269 g/mol. The lowest BCUT2D eigenvalue weighted by atomic mass is 10.0. The number of hydrogen-bond donors (Lipinski definition) is 1. The summed E-state index contributed by atoms with van der Waals surface area (Å²) >= 11 is 6.25. The minimum absolute atomic E-state index is 0.477. The van der Waals surface area contributed by atoms with E-state index in [4.69, 9.17) is 0 Å². The van der Waals surface area contributed by atoms with Gasteiger partial charge in [-0.1, -0.05) is 26.0 Å². The van der Waals surface area contributed by atoms with E-state index in [2.05, 4.69) is 69.7 Å². The smallest absolute Gasteiger partial charge is 0.0349 e. The molecule has 1 atom stereocenters. The van der Waals surface area contributed by atoms with Gasteiger partial charge in [0.2, 0.25) is 0 Å². The zero-order valence-corrected chi connectivity index (χ0v) is 12.9. The van der Waals surface area contributed by atoms with Crippen molar-refractivity contribution in [3.8, 4) is 0 Å². The fourth-order valence-corrected chi connectivity index (χ4v) is 2.97. The zero-order chi connectivity index (χ0) is 12.8. The Morgan fingerprint density at radius 3 is 2.18 bits per heavy atom. The molecule has 1 unspecified atom stereocenters. The maximum absolute atomic E-state index is 4.34. The minimum atomic E-state index is 0.477. The van der Waals surface area contributed by atoms with Gasteiger partial charge < -0.3 is 4.90 Å². The van der Waals surface area contributed by atoms with Crippen molar-refractivity contribution in [3.63, 3.8) is 0 Å². The lowest BCUT2D eigenvalue weighted by Gasteiger charge is -2.24.